The summed E-state index contributed by atoms with van der Waals surface area (Å²) in [5, 5.41) is 2.89. The molecular formula is C24H25N3O3. The lowest BCUT2D eigenvalue weighted by Gasteiger charge is -2.17. The molecule has 0 aliphatic heterocycles. The van der Waals surface area contributed by atoms with Crippen molar-refractivity contribution >= 4 is 17.5 Å². The van der Waals surface area contributed by atoms with Crippen LogP contribution in [0.2, 0.25) is 0 Å². The van der Waals surface area contributed by atoms with Crippen molar-refractivity contribution in [3.8, 4) is 11.1 Å². The predicted molar refractivity (Wildman–Crippen MR) is 117 cm³/mol. The molecule has 1 aromatic heterocycles. The summed E-state index contributed by atoms with van der Waals surface area (Å²) in [5.41, 5.74) is 4.39. The first kappa shape index (κ1) is 21.2. The van der Waals surface area contributed by atoms with E-state index in [0.717, 1.165) is 22.4 Å². The van der Waals surface area contributed by atoms with Gasteiger partial charge < -0.3 is 15.0 Å². The van der Waals surface area contributed by atoms with Gasteiger partial charge in [0.2, 0.25) is 5.91 Å². The lowest BCUT2D eigenvalue weighted by Crippen LogP contribution is -2.26. The van der Waals surface area contributed by atoms with E-state index in [0.29, 0.717) is 25.1 Å². The van der Waals surface area contributed by atoms with Crippen molar-refractivity contribution in [1.82, 2.24) is 10.3 Å². The molecule has 2 aromatic carbocycles. The average Bonchev–Trinajstić information content (AvgIpc) is 2.81. The van der Waals surface area contributed by atoms with E-state index >= 15 is 0 Å². The second-order valence-electron chi connectivity index (χ2n) is 6.86. The fourth-order valence-electron chi connectivity index (χ4n) is 2.98. The van der Waals surface area contributed by atoms with E-state index in [4.69, 9.17) is 4.74 Å². The monoisotopic (exact) mass is 403 g/mol. The number of methoxy groups -OCH3 is 1. The van der Waals surface area contributed by atoms with E-state index in [9.17, 15) is 9.59 Å². The van der Waals surface area contributed by atoms with Crippen LogP contribution in [0, 0.1) is 0 Å². The zero-order chi connectivity index (χ0) is 21.3. The lowest BCUT2D eigenvalue weighted by molar-refractivity contribution is -0.119. The van der Waals surface area contributed by atoms with Crippen LogP contribution in [0.1, 0.15) is 22.3 Å². The fraction of sp³-hybridized carbons (Fsp3) is 0.208. The number of nitrogens with one attached hydrogen (secondary N) is 1. The highest BCUT2D eigenvalue weighted by Crippen LogP contribution is 2.23. The molecule has 0 unspecified atom stereocenters. The van der Waals surface area contributed by atoms with E-state index in [2.05, 4.69) is 10.3 Å². The van der Waals surface area contributed by atoms with Gasteiger partial charge in [-0.1, -0.05) is 30.3 Å². The van der Waals surface area contributed by atoms with E-state index < -0.39 is 0 Å². The van der Waals surface area contributed by atoms with Crippen molar-refractivity contribution in [2.24, 2.45) is 0 Å². The van der Waals surface area contributed by atoms with Gasteiger partial charge >= 0.3 is 0 Å². The number of aromatic nitrogens is 1. The Bertz CT molecular complexity index is 971. The van der Waals surface area contributed by atoms with Crippen LogP contribution in [0.5, 0.6) is 0 Å². The first-order chi connectivity index (χ1) is 14.6. The third kappa shape index (κ3) is 5.52. The van der Waals surface area contributed by atoms with Gasteiger partial charge in [0.1, 0.15) is 0 Å². The molecule has 0 radical (unpaired) electrons. The first-order valence-electron chi connectivity index (χ1n) is 9.71. The second kappa shape index (κ2) is 10.3. The summed E-state index contributed by atoms with van der Waals surface area (Å²) in [6, 6.07) is 19.0. The Morgan fingerprint density at radius 2 is 1.67 bits per heavy atom. The molecule has 0 atom stereocenters. The number of nitrogens with zero attached hydrogens (tertiary/aromatic N) is 2. The third-order valence-electron chi connectivity index (χ3n) is 4.81. The van der Waals surface area contributed by atoms with Crippen LogP contribution in [-0.2, 0) is 16.1 Å². The minimum absolute atomic E-state index is 0.00579. The van der Waals surface area contributed by atoms with Crippen molar-refractivity contribution in [2.75, 3.05) is 25.7 Å². The molecular weight excluding hydrogens is 378 g/mol. The summed E-state index contributed by atoms with van der Waals surface area (Å²) in [6.45, 7) is 0.843. The number of pyridine rings is 1. The second-order valence-corrected chi connectivity index (χ2v) is 6.86. The van der Waals surface area contributed by atoms with Crippen LogP contribution in [0.4, 0.5) is 5.69 Å². The zero-order valence-corrected chi connectivity index (χ0v) is 17.2. The molecule has 1 heterocycles. The normalized spacial score (nSPS) is 10.5. The van der Waals surface area contributed by atoms with Gasteiger partial charge in [-0.15, -0.1) is 0 Å². The Morgan fingerprint density at radius 3 is 2.27 bits per heavy atom. The molecule has 0 aliphatic carbocycles. The average molecular weight is 403 g/mol. The van der Waals surface area contributed by atoms with Gasteiger partial charge in [0.15, 0.2) is 0 Å². The van der Waals surface area contributed by atoms with Gasteiger partial charge in [-0.25, -0.2) is 0 Å². The third-order valence-corrected chi connectivity index (χ3v) is 4.81. The smallest absolute Gasteiger partial charge is 0.251 e. The minimum atomic E-state index is -0.128. The summed E-state index contributed by atoms with van der Waals surface area (Å²) >= 11 is 0. The van der Waals surface area contributed by atoms with Crippen LogP contribution in [-0.4, -0.2) is 37.6 Å². The number of ether oxygens (including phenoxy) is 1. The molecule has 154 valence electrons. The molecule has 30 heavy (non-hydrogen) atoms. The Kier molecular flexibility index (Phi) is 7.29. The molecule has 1 N–H and O–H groups in total. The van der Waals surface area contributed by atoms with Crippen LogP contribution >= 0.6 is 0 Å². The van der Waals surface area contributed by atoms with Gasteiger partial charge in [0, 0.05) is 44.3 Å². The number of hydrogen-bond donors (Lipinski definition) is 1. The maximum Gasteiger partial charge on any atom is 0.251 e. The van der Waals surface area contributed by atoms with E-state index in [1.165, 1.54) is 0 Å². The first-order valence-corrected chi connectivity index (χ1v) is 9.71. The van der Waals surface area contributed by atoms with Crippen LogP contribution in [0.3, 0.4) is 0 Å². The van der Waals surface area contributed by atoms with Crippen molar-refractivity contribution in [3.63, 3.8) is 0 Å². The van der Waals surface area contributed by atoms with Gasteiger partial charge in [0.25, 0.3) is 5.91 Å². The van der Waals surface area contributed by atoms with Crippen LogP contribution in [0.15, 0.2) is 73.1 Å². The Hall–Kier alpha value is -3.51. The number of anilines is 1. The Morgan fingerprint density at radius 1 is 1.00 bits per heavy atom. The molecule has 0 aliphatic rings. The van der Waals surface area contributed by atoms with Crippen molar-refractivity contribution < 1.29 is 14.3 Å². The Labute approximate surface area is 176 Å². The topological polar surface area (TPSA) is 71.5 Å². The van der Waals surface area contributed by atoms with Crippen LogP contribution in [0.25, 0.3) is 11.1 Å². The van der Waals surface area contributed by atoms with Gasteiger partial charge in [-0.05, 0) is 47.0 Å². The summed E-state index contributed by atoms with van der Waals surface area (Å²) in [7, 11) is 3.34. The number of amides is 2. The maximum atomic E-state index is 12.3. The van der Waals surface area contributed by atoms with Crippen molar-refractivity contribution in [1.29, 1.82) is 0 Å². The molecule has 0 saturated carbocycles. The fourth-order valence-corrected chi connectivity index (χ4v) is 2.98. The van der Waals surface area contributed by atoms with Gasteiger partial charge in [-0.2, -0.15) is 0 Å². The molecule has 0 bridgehead atoms. The van der Waals surface area contributed by atoms with E-state index in [-0.39, 0.29) is 11.8 Å². The highest BCUT2D eigenvalue weighted by molar-refractivity contribution is 5.95. The van der Waals surface area contributed by atoms with Crippen LogP contribution < -0.4 is 10.2 Å². The number of benzene rings is 2. The SMILES string of the molecule is COCCC(=O)N(C)c1ccc(-c2ccc(C(=O)NCc3cccnc3)cc2)cc1. The zero-order valence-electron chi connectivity index (χ0n) is 17.2. The predicted octanol–water partition coefficient (Wildman–Crippen LogP) is 3.68. The number of carbonyl (C=O) groups excluding carboxylic acids is 2. The highest BCUT2D eigenvalue weighted by Gasteiger charge is 2.11. The molecule has 6 heteroatoms. The minimum Gasteiger partial charge on any atom is -0.384 e. The quantitative estimate of drug-likeness (QED) is 0.623. The van der Waals surface area contributed by atoms with Crippen molar-refractivity contribution in [3.05, 3.63) is 84.2 Å². The number of carbonyl (C=O) groups is 2. The summed E-state index contributed by atoms with van der Waals surface area (Å²) in [4.78, 5) is 30.1. The highest BCUT2D eigenvalue weighted by atomic mass is 16.5. The van der Waals surface area contributed by atoms with Gasteiger partial charge in [-0.3, -0.25) is 14.6 Å². The molecule has 0 spiro atoms. The standard InChI is InChI=1S/C24H25N3O3/c1-27(23(28)13-15-30-2)22-11-9-20(10-12-22)19-5-7-21(8-6-19)24(29)26-17-18-4-3-14-25-16-18/h3-12,14,16H,13,15,17H2,1-2H3,(H,26,29). The molecule has 6 nitrogen and oxygen atoms in total. The summed E-state index contributed by atoms with van der Waals surface area (Å²) < 4.78 is 4.96. The molecule has 0 fully saturated rings. The lowest BCUT2D eigenvalue weighted by atomic mass is 10.0. The summed E-state index contributed by atoms with van der Waals surface area (Å²) in [6.07, 6.45) is 3.78. The summed E-state index contributed by atoms with van der Waals surface area (Å²) in [5.74, 6) is -0.122. The van der Waals surface area contributed by atoms with E-state index in [1.54, 1.807) is 31.5 Å². The largest absolute Gasteiger partial charge is 0.384 e. The molecule has 2 amide bonds. The van der Waals surface area contributed by atoms with Crippen molar-refractivity contribution in [2.45, 2.75) is 13.0 Å². The molecule has 3 aromatic rings. The maximum absolute atomic E-state index is 12.3. The van der Waals surface area contributed by atoms with Gasteiger partial charge in [0.05, 0.1) is 13.0 Å². The number of rotatable bonds is 8. The Balaban J connectivity index is 1.61. The van der Waals surface area contributed by atoms with E-state index in [1.807, 2.05) is 60.7 Å². The molecule has 0 saturated heterocycles. The number of hydrogen-bond acceptors (Lipinski definition) is 4. The molecule has 3 rings (SSSR count).